The van der Waals surface area contributed by atoms with E-state index in [1.165, 1.54) is 0 Å². The molecule has 0 aliphatic carbocycles. The highest BCUT2D eigenvalue weighted by atomic mass is 79.9. The fourth-order valence-electron chi connectivity index (χ4n) is 0.642. The summed E-state index contributed by atoms with van der Waals surface area (Å²) in [4.78, 5) is 6.53. The number of pyridine rings is 1. The van der Waals surface area contributed by atoms with E-state index in [9.17, 15) is 0 Å². The lowest BCUT2D eigenvalue weighted by Gasteiger charge is -1.95. The SMILES string of the molecule is Cc1cnc(N=[N+]=[N-])c(Br)c1. The van der Waals surface area contributed by atoms with Crippen LogP contribution >= 0.6 is 15.9 Å². The zero-order valence-electron chi connectivity index (χ0n) is 5.82. The number of halogens is 1. The van der Waals surface area contributed by atoms with Gasteiger partial charge in [0.15, 0.2) is 0 Å². The molecular formula is C6H5BrN4. The molecule has 1 aromatic rings. The van der Waals surface area contributed by atoms with Gasteiger partial charge < -0.3 is 0 Å². The van der Waals surface area contributed by atoms with Gasteiger partial charge in [-0.15, -0.1) is 0 Å². The zero-order valence-corrected chi connectivity index (χ0v) is 7.41. The van der Waals surface area contributed by atoms with Gasteiger partial charge >= 0.3 is 0 Å². The first-order valence-corrected chi connectivity index (χ1v) is 3.70. The summed E-state index contributed by atoms with van der Waals surface area (Å²) in [5, 5.41) is 3.37. The van der Waals surface area contributed by atoms with Gasteiger partial charge in [0.2, 0.25) is 0 Å². The Balaban J connectivity index is 3.19. The molecule has 56 valence electrons. The number of hydrogen-bond donors (Lipinski definition) is 0. The van der Waals surface area contributed by atoms with Gasteiger partial charge in [-0.3, -0.25) is 4.98 Å². The van der Waals surface area contributed by atoms with Gasteiger partial charge in [-0.2, -0.15) is 0 Å². The Bertz CT molecular complexity index is 316. The number of aryl methyl sites for hydroxylation is 1. The normalized spacial score (nSPS) is 8.91. The van der Waals surface area contributed by atoms with Crippen LogP contribution in [0.3, 0.4) is 0 Å². The van der Waals surface area contributed by atoms with E-state index in [0.29, 0.717) is 5.82 Å². The quantitative estimate of drug-likeness (QED) is 0.401. The van der Waals surface area contributed by atoms with Gasteiger partial charge in [0, 0.05) is 15.6 Å². The van der Waals surface area contributed by atoms with Crippen LogP contribution in [-0.4, -0.2) is 4.98 Å². The Kier molecular flexibility index (Phi) is 2.46. The van der Waals surface area contributed by atoms with Crippen molar-refractivity contribution in [1.29, 1.82) is 0 Å². The van der Waals surface area contributed by atoms with E-state index >= 15 is 0 Å². The lowest BCUT2D eigenvalue weighted by molar-refractivity contribution is 1.21. The second kappa shape index (κ2) is 3.37. The van der Waals surface area contributed by atoms with E-state index in [-0.39, 0.29) is 0 Å². The van der Waals surface area contributed by atoms with Crippen molar-refractivity contribution in [2.75, 3.05) is 0 Å². The average Bonchev–Trinajstić information content (AvgIpc) is 1.95. The van der Waals surface area contributed by atoms with E-state index < -0.39 is 0 Å². The molecule has 0 aromatic carbocycles. The maximum Gasteiger partial charge on any atom is 0.140 e. The van der Waals surface area contributed by atoms with Gasteiger partial charge in [-0.25, -0.2) is 0 Å². The molecule has 1 rings (SSSR count). The van der Waals surface area contributed by atoms with Gasteiger partial charge in [0.25, 0.3) is 0 Å². The fourth-order valence-corrected chi connectivity index (χ4v) is 1.19. The standard InChI is InChI=1S/C6H5BrN4/c1-4-2-5(7)6(9-3-4)10-11-8/h2-3H,1H3. The monoisotopic (exact) mass is 212 g/mol. The van der Waals surface area contributed by atoms with Crippen LogP contribution in [0.4, 0.5) is 5.82 Å². The minimum Gasteiger partial charge on any atom is -0.253 e. The van der Waals surface area contributed by atoms with E-state index in [2.05, 4.69) is 30.9 Å². The van der Waals surface area contributed by atoms with Crippen molar-refractivity contribution in [2.45, 2.75) is 6.92 Å². The van der Waals surface area contributed by atoms with Crippen LogP contribution in [0.15, 0.2) is 21.9 Å². The first-order chi connectivity index (χ1) is 5.24. The molecule has 0 bridgehead atoms. The second-order valence-electron chi connectivity index (χ2n) is 2.01. The Labute approximate surface area is 72.0 Å². The van der Waals surface area contributed by atoms with Crippen LogP contribution in [0.5, 0.6) is 0 Å². The summed E-state index contributed by atoms with van der Waals surface area (Å²) >= 11 is 3.22. The summed E-state index contributed by atoms with van der Waals surface area (Å²) < 4.78 is 0.718. The van der Waals surface area contributed by atoms with Crippen molar-refractivity contribution < 1.29 is 0 Å². The molecule has 0 fully saturated rings. The van der Waals surface area contributed by atoms with Crippen molar-refractivity contribution in [3.05, 3.63) is 32.7 Å². The second-order valence-corrected chi connectivity index (χ2v) is 2.86. The smallest absolute Gasteiger partial charge is 0.140 e. The molecule has 11 heavy (non-hydrogen) atoms. The molecule has 0 spiro atoms. The Hall–Kier alpha value is -1.06. The predicted molar refractivity (Wildman–Crippen MR) is 45.5 cm³/mol. The molecule has 0 atom stereocenters. The molecule has 0 saturated heterocycles. The van der Waals surface area contributed by atoms with E-state index in [4.69, 9.17) is 5.53 Å². The third kappa shape index (κ3) is 1.93. The molecule has 0 radical (unpaired) electrons. The Morgan fingerprint density at radius 1 is 1.73 bits per heavy atom. The number of nitrogens with zero attached hydrogens (tertiary/aromatic N) is 4. The number of aromatic nitrogens is 1. The topological polar surface area (TPSA) is 61.7 Å². The lowest BCUT2D eigenvalue weighted by atomic mass is 10.3. The summed E-state index contributed by atoms with van der Waals surface area (Å²) in [7, 11) is 0. The largest absolute Gasteiger partial charge is 0.253 e. The first-order valence-electron chi connectivity index (χ1n) is 2.91. The van der Waals surface area contributed by atoms with E-state index in [1.807, 2.05) is 13.0 Å². The maximum atomic E-state index is 8.11. The number of hydrogen-bond acceptors (Lipinski definition) is 2. The van der Waals surface area contributed by atoms with Crippen LogP contribution in [0.1, 0.15) is 5.56 Å². The summed E-state index contributed by atoms with van der Waals surface area (Å²) in [6, 6.07) is 1.84. The molecule has 0 amide bonds. The van der Waals surface area contributed by atoms with Gasteiger partial charge in [0.1, 0.15) is 5.82 Å². The third-order valence-corrected chi connectivity index (χ3v) is 1.68. The Morgan fingerprint density at radius 2 is 2.45 bits per heavy atom. The lowest BCUT2D eigenvalue weighted by Crippen LogP contribution is -1.77. The van der Waals surface area contributed by atoms with Crippen molar-refractivity contribution >= 4 is 21.7 Å². The Morgan fingerprint density at radius 3 is 3.00 bits per heavy atom. The summed E-state index contributed by atoms with van der Waals surface area (Å²) in [5.74, 6) is 0.373. The predicted octanol–water partition coefficient (Wildman–Crippen LogP) is 3.09. The molecule has 0 unspecified atom stereocenters. The molecule has 4 nitrogen and oxygen atoms in total. The number of rotatable bonds is 1. The zero-order chi connectivity index (χ0) is 8.27. The van der Waals surface area contributed by atoms with Crippen molar-refractivity contribution in [3.63, 3.8) is 0 Å². The molecule has 0 N–H and O–H groups in total. The van der Waals surface area contributed by atoms with Gasteiger partial charge in [-0.05, 0) is 45.1 Å². The molecule has 0 saturated carbocycles. The van der Waals surface area contributed by atoms with Crippen LogP contribution < -0.4 is 0 Å². The summed E-state index contributed by atoms with van der Waals surface area (Å²) in [6.45, 7) is 1.91. The van der Waals surface area contributed by atoms with Crippen LogP contribution in [0.25, 0.3) is 10.4 Å². The minimum atomic E-state index is 0.373. The molecule has 1 heterocycles. The van der Waals surface area contributed by atoms with Crippen molar-refractivity contribution in [2.24, 2.45) is 5.11 Å². The van der Waals surface area contributed by atoms with Crippen LogP contribution in [-0.2, 0) is 0 Å². The van der Waals surface area contributed by atoms with Gasteiger partial charge in [0.05, 0.1) is 0 Å². The fraction of sp³-hybridized carbons (Fsp3) is 0.167. The van der Waals surface area contributed by atoms with Crippen LogP contribution in [0, 0.1) is 6.92 Å². The van der Waals surface area contributed by atoms with Crippen molar-refractivity contribution in [1.82, 2.24) is 4.98 Å². The molecule has 5 heteroatoms. The first kappa shape index (κ1) is 8.04. The average molecular weight is 213 g/mol. The van der Waals surface area contributed by atoms with Gasteiger partial charge in [-0.1, -0.05) is 0 Å². The highest BCUT2D eigenvalue weighted by Crippen LogP contribution is 2.22. The molecule has 1 aromatic heterocycles. The van der Waals surface area contributed by atoms with E-state index in [0.717, 1.165) is 10.0 Å². The third-order valence-electron chi connectivity index (χ3n) is 1.10. The minimum absolute atomic E-state index is 0.373. The highest BCUT2D eigenvalue weighted by molar-refractivity contribution is 9.10. The molecule has 0 aliphatic rings. The maximum absolute atomic E-state index is 8.11. The molecule has 0 aliphatic heterocycles. The van der Waals surface area contributed by atoms with Crippen molar-refractivity contribution in [3.8, 4) is 0 Å². The van der Waals surface area contributed by atoms with E-state index in [1.54, 1.807) is 6.20 Å². The number of azide groups is 1. The summed E-state index contributed by atoms with van der Waals surface area (Å²) in [5.41, 5.74) is 9.13. The summed E-state index contributed by atoms with van der Waals surface area (Å²) in [6.07, 6.45) is 1.65. The highest BCUT2D eigenvalue weighted by Gasteiger charge is 1.96. The van der Waals surface area contributed by atoms with Crippen LogP contribution in [0.2, 0.25) is 0 Å². The molecular weight excluding hydrogens is 208 g/mol.